The zero-order valence-corrected chi connectivity index (χ0v) is 12.4. The van der Waals surface area contributed by atoms with Crippen LogP contribution in [0.1, 0.15) is 12.0 Å². The second-order valence-corrected chi connectivity index (χ2v) is 5.71. The molecule has 2 heterocycles. The fourth-order valence-electron chi connectivity index (χ4n) is 3.18. The molecular weight excluding hydrogens is 284 g/mol. The molecule has 2 aliphatic rings. The van der Waals surface area contributed by atoms with Crippen molar-refractivity contribution in [2.75, 3.05) is 37.7 Å². The van der Waals surface area contributed by atoms with Crippen LogP contribution in [0.2, 0.25) is 0 Å². The molecule has 0 spiro atoms. The first-order valence-electron chi connectivity index (χ1n) is 7.57. The molecule has 118 valence electrons. The molecule has 1 unspecified atom stereocenters. The smallest absolute Gasteiger partial charge is 0.305 e. The van der Waals surface area contributed by atoms with E-state index in [0.29, 0.717) is 26.3 Å². The van der Waals surface area contributed by atoms with Crippen LogP contribution in [0, 0.1) is 0 Å². The summed E-state index contributed by atoms with van der Waals surface area (Å²) in [5.74, 6) is -0.925. The lowest BCUT2D eigenvalue weighted by Crippen LogP contribution is -2.52. The van der Waals surface area contributed by atoms with E-state index in [1.165, 1.54) is 5.56 Å². The van der Waals surface area contributed by atoms with E-state index in [1.54, 1.807) is 4.90 Å². The van der Waals surface area contributed by atoms with Crippen molar-refractivity contribution in [1.82, 2.24) is 4.90 Å². The van der Waals surface area contributed by atoms with E-state index in [-0.39, 0.29) is 18.4 Å². The Morgan fingerprint density at radius 2 is 2.09 bits per heavy atom. The Morgan fingerprint density at radius 1 is 1.27 bits per heavy atom. The molecule has 1 aromatic rings. The largest absolute Gasteiger partial charge is 0.481 e. The number of rotatable bonds is 4. The predicted octanol–water partition coefficient (Wildman–Crippen LogP) is 0.751. The first-order valence-corrected chi connectivity index (χ1v) is 7.57. The number of morpholine rings is 1. The van der Waals surface area contributed by atoms with Gasteiger partial charge in [0.05, 0.1) is 32.2 Å². The Bertz CT molecular complexity index is 575. The highest BCUT2D eigenvalue weighted by molar-refractivity contribution is 5.83. The number of carbonyl (C=O) groups is 2. The summed E-state index contributed by atoms with van der Waals surface area (Å²) < 4.78 is 5.32. The molecule has 1 N–H and O–H groups in total. The van der Waals surface area contributed by atoms with Crippen molar-refractivity contribution < 1.29 is 19.4 Å². The van der Waals surface area contributed by atoms with Gasteiger partial charge in [-0.05, 0) is 18.1 Å². The maximum atomic E-state index is 12.6. The molecule has 1 saturated heterocycles. The summed E-state index contributed by atoms with van der Waals surface area (Å²) in [6.45, 7) is 2.37. The summed E-state index contributed by atoms with van der Waals surface area (Å²) in [6.07, 6.45) is 0.882. The van der Waals surface area contributed by atoms with Gasteiger partial charge in [0.15, 0.2) is 0 Å². The first-order chi connectivity index (χ1) is 10.6. The summed E-state index contributed by atoms with van der Waals surface area (Å²) >= 11 is 0. The van der Waals surface area contributed by atoms with Gasteiger partial charge < -0.3 is 19.6 Å². The molecule has 1 atom stereocenters. The molecule has 6 heteroatoms. The van der Waals surface area contributed by atoms with Crippen molar-refractivity contribution in [2.24, 2.45) is 0 Å². The molecule has 1 fully saturated rings. The third kappa shape index (κ3) is 3.06. The molecule has 3 rings (SSSR count). The van der Waals surface area contributed by atoms with Crippen LogP contribution in [0.4, 0.5) is 5.69 Å². The van der Waals surface area contributed by atoms with E-state index in [4.69, 9.17) is 9.84 Å². The fraction of sp³-hybridized carbons (Fsp3) is 0.500. The Kier molecular flexibility index (Phi) is 4.29. The van der Waals surface area contributed by atoms with Crippen LogP contribution in [-0.4, -0.2) is 60.8 Å². The van der Waals surface area contributed by atoms with Gasteiger partial charge in [0, 0.05) is 18.8 Å². The van der Waals surface area contributed by atoms with E-state index < -0.39 is 5.97 Å². The van der Waals surface area contributed by atoms with Gasteiger partial charge in [-0.3, -0.25) is 9.59 Å². The van der Waals surface area contributed by atoms with Crippen LogP contribution in [-0.2, 0) is 20.7 Å². The van der Waals surface area contributed by atoms with Crippen molar-refractivity contribution in [1.29, 1.82) is 0 Å². The summed E-state index contributed by atoms with van der Waals surface area (Å²) in [5, 5.41) is 8.98. The lowest BCUT2D eigenvalue weighted by molar-refractivity contribution is -0.145. The number of fused-ring (bicyclic) bond motifs is 1. The fourth-order valence-corrected chi connectivity index (χ4v) is 3.18. The molecule has 22 heavy (non-hydrogen) atoms. The standard InChI is InChI=1S/C16H20N2O4/c19-15(18-7-8-22-11-13(18)9-16(20)21)10-17-6-5-12-3-1-2-4-14(12)17/h1-4,13H,5-11H2,(H,20,21). The summed E-state index contributed by atoms with van der Waals surface area (Å²) in [6, 6.07) is 7.74. The van der Waals surface area contributed by atoms with Crippen molar-refractivity contribution in [2.45, 2.75) is 18.9 Å². The third-order valence-electron chi connectivity index (χ3n) is 4.27. The molecule has 2 aliphatic heterocycles. The zero-order valence-electron chi connectivity index (χ0n) is 12.4. The summed E-state index contributed by atoms with van der Waals surface area (Å²) in [5.41, 5.74) is 2.37. The number of carboxylic acid groups (broad SMARTS) is 1. The summed E-state index contributed by atoms with van der Waals surface area (Å²) in [7, 11) is 0. The highest BCUT2D eigenvalue weighted by atomic mass is 16.5. The number of nitrogens with zero attached hydrogens (tertiary/aromatic N) is 2. The van der Waals surface area contributed by atoms with Crippen molar-refractivity contribution in [3.05, 3.63) is 29.8 Å². The molecule has 0 saturated carbocycles. The maximum absolute atomic E-state index is 12.6. The topological polar surface area (TPSA) is 70.1 Å². The molecule has 1 amide bonds. The number of hydrogen-bond acceptors (Lipinski definition) is 4. The number of amides is 1. The molecule has 1 aromatic carbocycles. The number of hydrogen-bond donors (Lipinski definition) is 1. The lowest BCUT2D eigenvalue weighted by Gasteiger charge is -2.36. The molecule has 6 nitrogen and oxygen atoms in total. The van der Waals surface area contributed by atoms with Crippen LogP contribution < -0.4 is 4.90 Å². The number of carboxylic acids is 1. The molecular formula is C16H20N2O4. The SMILES string of the molecule is O=C(O)CC1COCCN1C(=O)CN1CCc2ccccc21. The van der Waals surface area contributed by atoms with Gasteiger partial charge in [-0.2, -0.15) is 0 Å². The Labute approximate surface area is 129 Å². The average Bonchev–Trinajstić information content (AvgIpc) is 2.90. The van der Waals surface area contributed by atoms with E-state index in [0.717, 1.165) is 18.7 Å². The Balaban J connectivity index is 1.67. The van der Waals surface area contributed by atoms with E-state index >= 15 is 0 Å². The Morgan fingerprint density at radius 3 is 2.91 bits per heavy atom. The minimum absolute atomic E-state index is 0.0220. The minimum Gasteiger partial charge on any atom is -0.481 e. The number of anilines is 1. The van der Waals surface area contributed by atoms with Gasteiger partial charge in [-0.1, -0.05) is 18.2 Å². The van der Waals surface area contributed by atoms with Gasteiger partial charge in [0.1, 0.15) is 0 Å². The number of benzene rings is 1. The highest BCUT2D eigenvalue weighted by Crippen LogP contribution is 2.27. The zero-order chi connectivity index (χ0) is 15.5. The quantitative estimate of drug-likeness (QED) is 0.889. The highest BCUT2D eigenvalue weighted by Gasteiger charge is 2.31. The number of carbonyl (C=O) groups excluding carboxylic acids is 1. The van der Waals surface area contributed by atoms with Gasteiger partial charge >= 0.3 is 5.97 Å². The summed E-state index contributed by atoms with van der Waals surface area (Å²) in [4.78, 5) is 27.3. The van der Waals surface area contributed by atoms with E-state index in [9.17, 15) is 9.59 Å². The monoisotopic (exact) mass is 304 g/mol. The van der Waals surface area contributed by atoms with Crippen molar-refractivity contribution in [3.8, 4) is 0 Å². The third-order valence-corrected chi connectivity index (χ3v) is 4.27. The molecule has 0 radical (unpaired) electrons. The van der Waals surface area contributed by atoms with Crippen LogP contribution >= 0.6 is 0 Å². The van der Waals surface area contributed by atoms with Crippen molar-refractivity contribution in [3.63, 3.8) is 0 Å². The van der Waals surface area contributed by atoms with E-state index in [2.05, 4.69) is 11.0 Å². The normalized spacial score (nSPS) is 20.8. The Hall–Kier alpha value is -2.08. The minimum atomic E-state index is -0.903. The van der Waals surface area contributed by atoms with Crippen molar-refractivity contribution >= 4 is 17.6 Å². The van der Waals surface area contributed by atoms with Crippen LogP contribution in [0.25, 0.3) is 0 Å². The van der Waals surface area contributed by atoms with Crippen LogP contribution in [0.15, 0.2) is 24.3 Å². The molecule has 0 aliphatic carbocycles. The van der Waals surface area contributed by atoms with Gasteiger partial charge in [0.2, 0.25) is 5.91 Å². The predicted molar refractivity (Wildman–Crippen MR) is 80.9 cm³/mol. The maximum Gasteiger partial charge on any atom is 0.305 e. The van der Waals surface area contributed by atoms with Gasteiger partial charge in [-0.15, -0.1) is 0 Å². The first kappa shape index (κ1) is 14.8. The lowest BCUT2D eigenvalue weighted by atomic mass is 10.1. The van der Waals surface area contributed by atoms with Gasteiger partial charge in [0.25, 0.3) is 0 Å². The van der Waals surface area contributed by atoms with Crippen LogP contribution in [0.3, 0.4) is 0 Å². The number of para-hydroxylation sites is 1. The second-order valence-electron chi connectivity index (χ2n) is 5.71. The second kappa shape index (κ2) is 6.36. The number of ether oxygens (including phenoxy) is 1. The molecule has 0 bridgehead atoms. The van der Waals surface area contributed by atoms with Gasteiger partial charge in [-0.25, -0.2) is 0 Å². The number of aliphatic carboxylic acids is 1. The molecule has 0 aromatic heterocycles. The van der Waals surface area contributed by atoms with E-state index in [1.807, 2.05) is 18.2 Å². The average molecular weight is 304 g/mol. The van der Waals surface area contributed by atoms with Crippen LogP contribution in [0.5, 0.6) is 0 Å².